The van der Waals surface area contributed by atoms with Crippen LogP contribution in [0.1, 0.15) is 6.92 Å². The maximum Gasteiger partial charge on any atom is 0.242 e. The van der Waals surface area contributed by atoms with E-state index in [1.54, 1.807) is 6.92 Å². The summed E-state index contributed by atoms with van der Waals surface area (Å²) in [6.45, 7) is 1.59. The third-order valence-electron chi connectivity index (χ3n) is 1.06. The van der Waals surface area contributed by atoms with E-state index in [-0.39, 0.29) is 5.91 Å². The number of hydrogen-bond donors (Lipinski definition) is 1. The first-order chi connectivity index (χ1) is 5.20. The lowest BCUT2D eigenvalue weighted by Gasteiger charge is -2.01. The summed E-state index contributed by atoms with van der Waals surface area (Å²) in [5, 5.41) is 5.34. The summed E-state index contributed by atoms with van der Waals surface area (Å²) in [6.07, 6.45) is 2.73. The third-order valence-corrected chi connectivity index (χ3v) is 1.26. The molecule has 1 amide bonds. The Bertz CT molecular complexity index is 233. The highest BCUT2D eigenvalue weighted by Gasteiger charge is 2.09. The van der Waals surface area contributed by atoms with Gasteiger partial charge in [0.1, 0.15) is 17.3 Å². The highest BCUT2D eigenvalue weighted by molar-refractivity contribution is 6.32. The lowest BCUT2D eigenvalue weighted by atomic mass is 10.4. The molecule has 11 heavy (non-hydrogen) atoms. The minimum absolute atomic E-state index is 0.269. The van der Waals surface area contributed by atoms with E-state index < -0.39 is 5.38 Å². The first-order valence-corrected chi connectivity index (χ1v) is 3.48. The molecule has 0 saturated heterocycles. The fourth-order valence-electron chi connectivity index (χ4n) is 0.508. The third kappa shape index (κ3) is 2.23. The van der Waals surface area contributed by atoms with Crippen LogP contribution in [0.15, 0.2) is 17.0 Å². The van der Waals surface area contributed by atoms with E-state index in [4.69, 9.17) is 11.6 Å². The van der Waals surface area contributed by atoms with Gasteiger partial charge in [-0.05, 0) is 6.92 Å². The van der Waals surface area contributed by atoms with Gasteiger partial charge in [-0.1, -0.05) is 5.16 Å². The molecular formula is C6H7ClN2O2. The van der Waals surface area contributed by atoms with E-state index in [0.29, 0.717) is 5.69 Å². The monoisotopic (exact) mass is 174 g/mol. The zero-order chi connectivity index (χ0) is 8.27. The summed E-state index contributed by atoms with van der Waals surface area (Å²) in [6, 6.07) is 0. The second-order valence-electron chi connectivity index (χ2n) is 2.02. The Morgan fingerprint density at radius 2 is 2.64 bits per heavy atom. The summed E-state index contributed by atoms with van der Waals surface area (Å²) in [4.78, 5) is 10.9. The zero-order valence-electron chi connectivity index (χ0n) is 5.87. The van der Waals surface area contributed by atoms with E-state index >= 15 is 0 Å². The minimum atomic E-state index is -0.551. The summed E-state index contributed by atoms with van der Waals surface area (Å²) < 4.78 is 4.49. The van der Waals surface area contributed by atoms with Crippen molar-refractivity contribution in [1.82, 2.24) is 5.16 Å². The van der Waals surface area contributed by atoms with Crippen LogP contribution in [0.25, 0.3) is 0 Å². The molecule has 0 aromatic carbocycles. The van der Waals surface area contributed by atoms with Crippen molar-refractivity contribution in [2.24, 2.45) is 0 Å². The van der Waals surface area contributed by atoms with Gasteiger partial charge >= 0.3 is 0 Å². The van der Waals surface area contributed by atoms with Crippen molar-refractivity contribution in [2.75, 3.05) is 5.32 Å². The number of anilines is 1. The van der Waals surface area contributed by atoms with Crippen LogP contribution in [-0.2, 0) is 4.79 Å². The van der Waals surface area contributed by atoms with Gasteiger partial charge in [0.05, 0.1) is 6.20 Å². The van der Waals surface area contributed by atoms with E-state index in [9.17, 15) is 4.79 Å². The second-order valence-corrected chi connectivity index (χ2v) is 2.67. The van der Waals surface area contributed by atoms with Gasteiger partial charge in [0.25, 0.3) is 0 Å². The molecule has 1 unspecified atom stereocenters. The number of carbonyl (C=O) groups is 1. The van der Waals surface area contributed by atoms with E-state index in [1.807, 2.05) is 0 Å². The van der Waals surface area contributed by atoms with E-state index in [0.717, 1.165) is 0 Å². The van der Waals surface area contributed by atoms with Crippen molar-refractivity contribution < 1.29 is 9.32 Å². The van der Waals surface area contributed by atoms with Crippen molar-refractivity contribution in [3.8, 4) is 0 Å². The number of hydrogen-bond acceptors (Lipinski definition) is 3. The van der Waals surface area contributed by atoms with Crippen molar-refractivity contribution in [1.29, 1.82) is 0 Å². The van der Waals surface area contributed by atoms with Gasteiger partial charge in [-0.15, -0.1) is 11.6 Å². The molecule has 1 heterocycles. The van der Waals surface area contributed by atoms with Gasteiger partial charge in [0.15, 0.2) is 0 Å². The lowest BCUT2D eigenvalue weighted by Crippen LogP contribution is -2.19. The van der Waals surface area contributed by atoms with Crippen LogP contribution in [0, 0.1) is 0 Å². The summed E-state index contributed by atoms with van der Waals surface area (Å²) >= 11 is 5.48. The Balaban J connectivity index is 2.50. The van der Waals surface area contributed by atoms with E-state index in [1.165, 1.54) is 12.5 Å². The fraction of sp³-hybridized carbons (Fsp3) is 0.333. The minimum Gasteiger partial charge on any atom is -0.363 e. The van der Waals surface area contributed by atoms with E-state index in [2.05, 4.69) is 15.0 Å². The predicted molar refractivity (Wildman–Crippen MR) is 40.4 cm³/mol. The average molecular weight is 175 g/mol. The van der Waals surface area contributed by atoms with Crippen molar-refractivity contribution in [2.45, 2.75) is 12.3 Å². The Morgan fingerprint density at radius 1 is 1.91 bits per heavy atom. The summed E-state index contributed by atoms with van der Waals surface area (Å²) in [5.41, 5.74) is 0.516. The molecule has 1 aromatic heterocycles. The molecule has 0 spiro atoms. The summed E-state index contributed by atoms with van der Waals surface area (Å²) in [5.74, 6) is -0.269. The summed E-state index contributed by atoms with van der Waals surface area (Å²) in [7, 11) is 0. The van der Waals surface area contributed by atoms with Crippen molar-refractivity contribution in [3.63, 3.8) is 0 Å². The number of nitrogens with one attached hydrogen (secondary N) is 1. The highest BCUT2D eigenvalue weighted by Crippen LogP contribution is 2.05. The molecule has 0 aliphatic rings. The fourth-order valence-corrected chi connectivity index (χ4v) is 0.563. The van der Waals surface area contributed by atoms with Crippen molar-refractivity contribution >= 4 is 23.2 Å². The van der Waals surface area contributed by atoms with Gasteiger partial charge in [0.2, 0.25) is 5.91 Å². The molecular weight excluding hydrogens is 168 g/mol. The SMILES string of the molecule is CC(Cl)C(=O)Nc1cnoc1. The highest BCUT2D eigenvalue weighted by atomic mass is 35.5. The normalized spacial score (nSPS) is 12.5. The number of aromatic nitrogens is 1. The van der Waals surface area contributed by atoms with Crippen LogP contribution in [0.4, 0.5) is 5.69 Å². The molecule has 1 aromatic rings. The number of nitrogens with zero attached hydrogens (tertiary/aromatic N) is 1. The first kappa shape index (κ1) is 8.07. The molecule has 0 bridgehead atoms. The van der Waals surface area contributed by atoms with Crippen molar-refractivity contribution in [3.05, 3.63) is 12.5 Å². The number of rotatable bonds is 2. The molecule has 0 aliphatic heterocycles. The maximum absolute atomic E-state index is 10.9. The average Bonchev–Trinajstić information content (AvgIpc) is 2.39. The van der Waals surface area contributed by atoms with Crippen LogP contribution >= 0.6 is 11.6 Å². The van der Waals surface area contributed by atoms with Crippen LogP contribution in [0.3, 0.4) is 0 Å². The molecule has 5 heteroatoms. The molecule has 0 saturated carbocycles. The van der Waals surface area contributed by atoms with Crippen LogP contribution < -0.4 is 5.32 Å². The van der Waals surface area contributed by atoms with Crippen LogP contribution in [-0.4, -0.2) is 16.4 Å². The standard InChI is InChI=1S/C6H7ClN2O2/c1-4(7)6(10)9-5-2-8-11-3-5/h2-4H,1H3,(H,9,10). The predicted octanol–water partition coefficient (Wildman–Crippen LogP) is 1.24. The smallest absolute Gasteiger partial charge is 0.242 e. The topological polar surface area (TPSA) is 55.1 Å². The molecule has 0 fully saturated rings. The molecule has 0 radical (unpaired) electrons. The Hall–Kier alpha value is -1.03. The van der Waals surface area contributed by atoms with Gasteiger partial charge in [-0.25, -0.2) is 0 Å². The molecule has 4 nitrogen and oxygen atoms in total. The number of alkyl halides is 1. The number of amides is 1. The number of carbonyl (C=O) groups excluding carboxylic acids is 1. The van der Waals surface area contributed by atoms with Crippen LogP contribution in [0.5, 0.6) is 0 Å². The quantitative estimate of drug-likeness (QED) is 0.687. The zero-order valence-corrected chi connectivity index (χ0v) is 6.63. The van der Waals surface area contributed by atoms with Crippen LogP contribution in [0.2, 0.25) is 0 Å². The molecule has 1 N–H and O–H groups in total. The number of halogens is 1. The Kier molecular flexibility index (Phi) is 2.48. The largest absolute Gasteiger partial charge is 0.363 e. The van der Waals surface area contributed by atoms with Gasteiger partial charge in [-0.3, -0.25) is 4.79 Å². The second kappa shape index (κ2) is 3.39. The lowest BCUT2D eigenvalue weighted by molar-refractivity contribution is -0.115. The van der Waals surface area contributed by atoms with Gasteiger partial charge in [-0.2, -0.15) is 0 Å². The Labute approximate surface area is 68.5 Å². The first-order valence-electron chi connectivity index (χ1n) is 3.04. The van der Waals surface area contributed by atoms with Gasteiger partial charge in [0, 0.05) is 0 Å². The maximum atomic E-state index is 10.9. The molecule has 60 valence electrons. The Morgan fingerprint density at radius 3 is 3.09 bits per heavy atom. The molecule has 1 atom stereocenters. The molecule has 0 aliphatic carbocycles. The molecule has 1 rings (SSSR count). The van der Waals surface area contributed by atoms with Gasteiger partial charge < -0.3 is 9.84 Å².